The van der Waals surface area contributed by atoms with Gasteiger partial charge in [0, 0.05) is 20.6 Å². The Morgan fingerprint density at radius 2 is 1.75 bits per heavy atom. The van der Waals surface area contributed by atoms with E-state index in [9.17, 15) is 0 Å². The second-order valence-electron chi connectivity index (χ2n) is 6.19. The molecule has 0 aliphatic carbocycles. The van der Waals surface area contributed by atoms with Crippen LogP contribution >= 0.6 is 27.5 Å². The Hall–Kier alpha value is -2.50. The number of benzene rings is 3. The van der Waals surface area contributed by atoms with Crippen molar-refractivity contribution in [2.45, 2.75) is 13.5 Å². The standard InChI is InChI=1S/C22H18BrClN2O2/c1-2-27-20-11-15(22-25-18-9-5-6-10-19(18)26-22)16(23)12-21(20)28-13-14-7-3-4-8-17(14)24/h3-12H,2,13H2,1H3,(H,25,26). The van der Waals surface area contributed by atoms with Crippen molar-refractivity contribution in [1.82, 2.24) is 9.97 Å². The van der Waals surface area contributed by atoms with Gasteiger partial charge in [-0.1, -0.05) is 41.9 Å². The predicted molar refractivity (Wildman–Crippen MR) is 116 cm³/mol. The maximum absolute atomic E-state index is 6.23. The molecule has 0 fully saturated rings. The van der Waals surface area contributed by atoms with E-state index in [1.54, 1.807) is 0 Å². The second kappa shape index (κ2) is 8.25. The lowest BCUT2D eigenvalue weighted by atomic mass is 10.2. The van der Waals surface area contributed by atoms with Crippen molar-refractivity contribution < 1.29 is 9.47 Å². The summed E-state index contributed by atoms with van der Waals surface area (Å²) in [6.45, 7) is 2.83. The number of hydrogen-bond donors (Lipinski definition) is 1. The number of hydrogen-bond acceptors (Lipinski definition) is 3. The third kappa shape index (κ3) is 3.86. The van der Waals surface area contributed by atoms with Crippen LogP contribution in [0.4, 0.5) is 0 Å². The van der Waals surface area contributed by atoms with Crippen molar-refractivity contribution in [2.24, 2.45) is 0 Å². The number of nitrogens with zero attached hydrogens (tertiary/aromatic N) is 1. The van der Waals surface area contributed by atoms with Gasteiger partial charge in [0.2, 0.25) is 0 Å². The Kier molecular flexibility index (Phi) is 5.55. The molecule has 3 aromatic carbocycles. The summed E-state index contributed by atoms with van der Waals surface area (Å²) in [6.07, 6.45) is 0. The van der Waals surface area contributed by atoms with Gasteiger partial charge < -0.3 is 14.5 Å². The largest absolute Gasteiger partial charge is 0.490 e. The van der Waals surface area contributed by atoms with E-state index in [-0.39, 0.29) is 0 Å². The molecule has 28 heavy (non-hydrogen) atoms. The number of rotatable bonds is 6. The molecule has 0 bridgehead atoms. The highest BCUT2D eigenvalue weighted by atomic mass is 79.9. The van der Waals surface area contributed by atoms with Crippen LogP contribution in [-0.2, 0) is 6.61 Å². The van der Waals surface area contributed by atoms with Gasteiger partial charge in [-0.15, -0.1) is 0 Å². The smallest absolute Gasteiger partial charge is 0.162 e. The van der Waals surface area contributed by atoms with Crippen molar-refractivity contribution in [3.8, 4) is 22.9 Å². The fraction of sp³-hybridized carbons (Fsp3) is 0.136. The van der Waals surface area contributed by atoms with Gasteiger partial charge >= 0.3 is 0 Å². The fourth-order valence-electron chi connectivity index (χ4n) is 2.95. The van der Waals surface area contributed by atoms with Crippen LogP contribution in [0.15, 0.2) is 65.1 Å². The van der Waals surface area contributed by atoms with Crippen LogP contribution in [0.1, 0.15) is 12.5 Å². The topological polar surface area (TPSA) is 47.1 Å². The normalized spacial score (nSPS) is 11.0. The first kappa shape index (κ1) is 18.8. The zero-order valence-corrected chi connectivity index (χ0v) is 17.5. The number of fused-ring (bicyclic) bond motifs is 1. The van der Waals surface area contributed by atoms with Crippen molar-refractivity contribution in [3.05, 3.63) is 75.7 Å². The molecule has 1 N–H and O–H groups in total. The summed E-state index contributed by atoms with van der Waals surface area (Å²) in [6, 6.07) is 19.4. The molecule has 6 heteroatoms. The van der Waals surface area contributed by atoms with E-state index in [0.717, 1.165) is 32.5 Å². The predicted octanol–water partition coefficient (Wildman–Crippen LogP) is 6.62. The summed E-state index contributed by atoms with van der Waals surface area (Å²) >= 11 is 9.88. The SMILES string of the molecule is CCOc1cc(-c2nc3ccccc3[nH]2)c(Br)cc1OCc1ccccc1Cl. The minimum atomic E-state index is 0.357. The lowest BCUT2D eigenvalue weighted by molar-refractivity contribution is 0.269. The molecule has 1 heterocycles. The Bertz CT molecular complexity index is 1090. The first-order valence-corrected chi connectivity index (χ1v) is 10.1. The molecule has 0 aliphatic rings. The maximum Gasteiger partial charge on any atom is 0.162 e. The zero-order valence-electron chi connectivity index (χ0n) is 15.2. The molecule has 142 valence electrons. The molecule has 0 saturated carbocycles. The summed E-state index contributed by atoms with van der Waals surface area (Å²) in [5.41, 5.74) is 3.73. The van der Waals surface area contributed by atoms with Gasteiger partial charge in [-0.3, -0.25) is 0 Å². The van der Waals surface area contributed by atoms with E-state index in [1.807, 2.05) is 67.6 Å². The highest BCUT2D eigenvalue weighted by Gasteiger charge is 2.15. The monoisotopic (exact) mass is 456 g/mol. The Labute approximate surface area is 176 Å². The average molecular weight is 458 g/mol. The van der Waals surface area contributed by atoms with Crippen molar-refractivity contribution in [3.63, 3.8) is 0 Å². The molecule has 4 aromatic rings. The molecule has 4 rings (SSSR count). The van der Waals surface area contributed by atoms with Gasteiger partial charge in [0.1, 0.15) is 12.4 Å². The average Bonchev–Trinajstić information content (AvgIpc) is 3.13. The van der Waals surface area contributed by atoms with Gasteiger partial charge in [-0.2, -0.15) is 0 Å². The van der Waals surface area contributed by atoms with Crippen LogP contribution in [0, 0.1) is 0 Å². The van der Waals surface area contributed by atoms with Crippen LogP contribution in [0.3, 0.4) is 0 Å². The summed E-state index contributed by atoms with van der Waals surface area (Å²) in [5, 5.41) is 0.679. The number of ether oxygens (including phenoxy) is 2. The van der Waals surface area contributed by atoms with E-state index in [0.29, 0.717) is 29.7 Å². The lowest BCUT2D eigenvalue weighted by Gasteiger charge is -2.15. The van der Waals surface area contributed by atoms with E-state index in [2.05, 4.69) is 25.9 Å². The minimum absolute atomic E-state index is 0.357. The van der Waals surface area contributed by atoms with Crippen molar-refractivity contribution >= 4 is 38.6 Å². The quantitative estimate of drug-likeness (QED) is 0.354. The van der Waals surface area contributed by atoms with E-state index < -0.39 is 0 Å². The summed E-state index contributed by atoms with van der Waals surface area (Å²) < 4.78 is 12.7. The summed E-state index contributed by atoms with van der Waals surface area (Å²) in [5.74, 6) is 2.08. The van der Waals surface area contributed by atoms with Gasteiger partial charge in [-0.25, -0.2) is 4.98 Å². The number of aromatic amines is 1. The number of para-hydroxylation sites is 2. The molecule has 0 radical (unpaired) electrons. The molecule has 1 aromatic heterocycles. The zero-order chi connectivity index (χ0) is 19.5. The number of H-pyrrole nitrogens is 1. The molecular formula is C22H18BrClN2O2. The van der Waals surface area contributed by atoms with Crippen LogP contribution in [-0.4, -0.2) is 16.6 Å². The minimum Gasteiger partial charge on any atom is -0.490 e. The number of aromatic nitrogens is 2. The van der Waals surface area contributed by atoms with Crippen LogP contribution < -0.4 is 9.47 Å². The van der Waals surface area contributed by atoms with E-state index >= 15 is 0 Å². The first-order chi connectivity index (χ1) is 13.7. The number of halogens is 2. The molecular weight excluding hydrogens is 440 g/mol. The molecule has 0 spiro atoms. The second-order valence-corrected chi connectivity index (χ2v) is 7.46. The molecule has 0 unspecified atom stereocenters. The summed E-state index contributed by atoms with van der Waals surface area (Å²) in [7, 11) is 0. The molecule has 4 nitrogen and oxygen atoms in total. The van der Waals surface area contributed by atoms with Crippen molar-refractivity contribution in [2.75, 3.05) is 6.61 Å². The third-order valence-electron chi connectivity index (χ3n) is 4.32. The first-order valence-electron chi connectivity index (χ1n) is 8.93. The molecule has 0 saturated heterocycles. The lowest BCUT2D eigenvalue weighted by Crippen LogP contribution is -2.01. The van der Waals surface area contributed by atoms with E-state index in [4.69, 9.17) is 21.1 Å². The van der Waals surface area contributed by atoms with Crippen molar-refractivity contribution in [1.29, 1.82) is 0 Å². The summed E-state index contributed by atoms with van der Waals surface area (Å²) in [4.78, 5) is 8.03. The fourth-order valence-corrected chi connectivity index (χ4v) is 3.65. The van der Waals surface area contributed by atoms with Gasteiger partial charge in [-0.05, 0) is 53.2 Å². The number of nitrogens with one attached hydrogen (secondary N) is 1. The Morgan fingerprint density at radius 3 is 2.54 bits per heavy atom. The Balaban J connectivity index is 1.68. The molecule has 0 atom stereocenters. The third-order valence-corrected chi connectivity index (χ3v) is 5.34. The van der Waals surface area contributed by atoms with Crippen LogP contribution in [0.25, 0.3) is 22.4 Å². The highest BCUT2D eigenvalue weighted by molar-refractivity contribution is 9.10. The van der Waals surface area contributed by atoms with Gasteiger partial charge in [0.25, 0.3) is 0 Å². The molecule has 0 aliphatic heterocycles. The maximum atomic E-state index is 6.23. The highest BCUT2D eigenvalue weighted by Crippen LogP contribution is 2.39. The van der Waals surface area contributed by atoms with Gasteiger partial charge in [0.15, 0.2) is 11.5 Å². The van der Waals surface area contributed by atoms with Crippen LogP contribution in [0.2, 0.25) is 5.02 Å². The Morgan fingerprint density at radius 1 is 1.00 bits per heavy atom. The molecule has 0 amide bonds. The number of imidazole rings is 1. The van der Waals surface area contributed by atoms with Gasteiger partial charge in [0.05, 0.1) is 17.6 Å². The van der Waals surface area contributed by atoms with Crippen LogP contribution in [0.5, 0.6) is 11.5 Å². The van der Waals surface area contributed by atoms with E-state index in [1.165, 1.54) is 0 Å².